The molecule has 1 aliphatic rings. The highest BCUT2D eigenvalue weighted by atomic mass is 127. The first-order valence-corrected chi connectivity index (χ1v) is 8.34. The Morgan fingerprint density at radius 2 is 2.21 bits per heavy atom. The second-order valence-electron chi connectivity index (χ2n) is 4.91. The van der Waals surface area contributed by atoms with E-state index in [0.717, 1.165) is 12.2 Å². The van der Waals surface area contributed by atoms with Crippen molar-refractivity contribution in [2.24, 2.45) is 0 Å². The number of hydrogen-bond acceptors (Lipinski definition) is 3. The number of hydrogen-bond donors (Lipinski definition) is 1. The largest absolute Gasteiger partial charge is 0.490 e. The highest BCUT2D eigenvalue weighted by molar-refractivity contribution is 14.1. The third-order valence-corrected chi connectivity index (χ3v) is 5.27. The number of rotatable bonds is 3. The Bertz CT molecular complexity index is 596. The molecule has 2 atom stereocenters. The van der Waals surface area contributed by atoms with Crippen molar-refractivity contribution >= 4 is 33.9 Å². The lowest BCUT2D eigenvalue weighted by atomic mass is 9.98. The van der Waals surface area contributed by atoms with E-state index in [-0.39, 0.29) is 6.04 Å². The van der Waals surface area contributed by atoms with Crippen LogP contribution in [0.15, 0.2) is 29.6 Å². The molecule has 2 aromatic rings. The molecule has 1 aliphatic heterocycles. The minimum Gasteiger partial charge on any atom is -0.490 e. The fourth-order valence-electron chi connectivity index (χ4n) is 2.62. The van der Waals surface area contributed by atoms with Crippen LogP contribution in [-0.4, -0.2) is 13.2 Å². The lowest BCUT2D eigenvalue weighted by Crippen LogP contribution is -2.17. The van der Waals surface area contributed by atoms with E-state index >= 15 is 0 Å². The summed E-state index contributed by atoms with van der Waals surface area (Å²) in [5.41, 5.74) is 3.98. The van der Waals surface area contributed by atoms with Gasteiger partial charge >= 0.3 is 0 Å². The molecule has 2 heterocycles. The van der Waals surface area contributed by atoms with Crippen molar-refractivity contribution in [3.63, 3.8) is 0 Å². The normalized spacial score (nSPS) is 19.0. The average molecular weight is 385 g/mol. The van der Waals surface area contributed by atoms with E-state index in [1.165, 1.54) is 19.6 Å². The summed E-state index contributed by atoms with van der Waals surface area (Å²) in [6, 6.07) is 9.07. The second kappa shape index (κ2) is 5.42. The molecule has 1 N–H and O–H groups in total. The number of fused-ring (bicyclic) bond motifs is 1. The van der Waals surface area contributed by atoms with E-state index in [1.807, 2.05) is 7.05 Å². The first-order chi connectivity index (χ1) is 9.17. The van der Waals surface area contributed by atoms with Crippen molar-refractivity contribution < 1.29 is 4.74 Å². The van der Waals surface area contributed by atoms with Crippen LogP contribution in [0.1, 0.15) is 29.7 Å². The van der Waals surface area contributed by atoms with Crippen molar-refractivity contribution in [3.05, 3.63) is 49.2 Å². The maximum Gasteiger partial charge on any atom is 0.123 e. The van der Waals surface area contributed by atoms with Crippen LogP contribution < -0.4 is 10.1 Å². The zero-order valence-corrected chi connectivity index (χ0v) is 13.9. The van der Waals surface area contributed by atoms with Crippen molar-refractivity contribution in [1.29, 1.82) is 0 Å². The summed E-state index contributed by atoms with van der Waals surface area (Å²) in [5, 5.41) is 5.64. The molecule has 0 amide bonds. The molecule has 19 heavy (non-hydrogen) atoms. The van der Waals surface area contributed by atoms with Gasteiger partial charge in [-0.3, -0.25) is 0 Å². The van der Waals surface area contributed by atoms with Crippen LogP contribution in [-0.2, 0) is 6.42 Å². The summed E-state index contributed by atoms with van der Waals surface area (Å²) in [6.45, 7) is 2.12. The van der Waals surface area contributed by atoms with Gasteiger partial charge in [-0.25, -0.2) is 0 Å². The van der Waals surface area contributed by atoms with E-state index in [0.29, 0.717) is 6.10 Å². The fourth-order valence-corrected chi connectivity index (χ4v) is 4.02. The van der Waals surface area contributed by atoms with Crippen LogP contribution in [0.3, 0.4) is 0 Å². The summed E-state index contributed by atoms with van der Waals surface area (Å²) in [6.07, 6.45) is 1.32. The summed E-state index contributed by atoms with van der Waals surface area (Å²) in [7, 11) is 2.02. The standard InChI is InChI=1S/C15H16INOS/c1-9-5-11-6-10(3-4-13(11)18-9)15(17-2)12-7-14(16)19-8-12/h3-4,6-9,15,17H,5H2,1-2H3. The summed E-state index contributed by atoms with van der Waals surface area (Å²) in [4.78, 5) is 0. The lowest BCUT2D eigenvalue weighted by Gasteiger charge is -2.16. The van der Waals surface area contributed by atoms with Crippen molar-refractivity contribution in [3.8, 4) is 5.75 Å². The Balaban J connectivity index is 1.95. The molecule has 0 spiro atoms. The molecule has 3 rings (SSSR count). The summed E-state index contributed by atoms with van der Waals surface area (Å²) >= 11 is 4.16. The number of ether oxygens (including phenoxy) is 1. The highest BCUT2D eigenvalue weighted by Gasteiger charge is 2.21. The van der Waals surface area contributed by atoms with Gasteiger partial charge in [-0.1, -0.05) is 12.1 Å². The molecule has 1 aromatic heterocycles. The molecule has 100 valence electrons. The number of nitrogens with one attached hydrogen (secondary N) is 1. The maximum absolute atomic E-state index is 5.77. The minimum absolute atomic E-state index is 0.265. The molecule has 2 unspecified atom stereocenters. The summed E-state index contributed by atoms with van der Waals surface area (Å²) < 4.78 is 7.09. The predicted octanol–water partition coefficient (Wildman–Crippen LogP) is 3.98. The van der Waals surface area contributed by atoms with Gasteiger partial charge in [0.25, 0.3) is 0 Å². The first kappa shape index (κ1) is 13.4. The van der Waals surface area contributed by atoms with Crippen molar-refractivity contribution in [2.75, 3.05) is 7.05 Å². The van der Waals surface area contributed by atoms with Gasteiger partial charge in [0, 0.05) is 6.42 Å². The molecule has 0 saturated heterocycles. The Kier molecular flexibility index (Phi) is 3.82. The Labute approximate surface area is 131 Å². The van der Waals surface area contributed by atoms with Crippen LogP contribution in [0.2, 0.25) is 0 Å². The quantitative estimate of drug-likeness (QED) is 0.807. The molecule has 2 nitrogen and oxygen atoms in total. The zero-order chi connectivity index (χ0) is 13.4. The monoisotopic (exact) mass is 385 g/mol. The van der Waals surface area contributed by atoms with Gasteiger partial charge in [0.05, 0.1) is 8.93 Å². The van der Waals surface area contributed by atoms with Crippen LogP contribution in [0, 0.1) is 2.88 Å². The summed E-state index contributed by atoms with van der Waals surface area (Å²) in [5.74, 6) is 1.05. The molecular weight excluding hydrogens is 369 g/mol. The van der Waals surface area contributed by atoms with Gasteiger partial charge in [0.1, 0.15) is 11.9 Å². The highest BCUT2D eigenvalue weighted by Crippen LogP contribution is 2.33. The van der Waals surface area contributed by atoms with Gasteiger partial charge in [0.2, 0.25) is 0 Å². The van der Waals surface area contributed by atoms with E-state index in [9.17, 15) is 0 Å². The van der Waals surface area contributed by atoms with E-state index in [2.05, 4.69) is 64.5 Å². The lowest BCUT2D eigenvalue weighted by molar-refractivity contribution is 0.254. The molecule has 0 bridgehead atoms. The predicted molar refractivity (Wildman–Crippen MR) is 88.2 cm³/mol. The van der Waals surface area contributed by atoms with Crippen molar-refractivity contribution in [1.82, 2.24) is 5.32 Å². The van der Waals surface area contributed by atoms with Crippen molar-refractivity contribution in [2.45, 2.75) is 25.5 Å². The van der Waals surface area contributed by atoms with Gasteiger partial charge in [-0.05, 0) is 70.8 Å². The van der Waals surface area contributed by atoms with Gasteiger partial charge in [-0.15, -0.1) is 11.3 Å². The number of benzene rings is 1. The van der Waals surface area contributed by atoms with Crippen LogP contribution in [0.25, 0.3) is 0 Å². The number of thiophene rings is 1. The Morgan fingerprint density at radius 1 is 1.37 bits per heavy atom. The Morgan fingerprint density at radius 3 is 2.89 bits per heavy atom. The van der Waals surface area contributed by atoms with Gasteiger partial charge < -0.3 is 10.1 Å². The molecule has 4 heteroatoms. The smallest absolute Gasteiger partial charge is 0.123 e. The molecule has 0 fully saturated rings. The Hall–Kier alpha value is -0.590. The average Bonchev–Trinajstić information content (AvgIpc) is 2.95. The van der Waals surface area contributed by atoms with Crippen LogP contribution in [0.5, 0.6) is 5.75 Å². The maximum atomic E-state index is 5.77. The third-order valence-electron chi connectivity index (χ3n) is 3.46. The molecule has 0 saturated carbocycles. The third kappa shape index (κ3) is 2.66. The molecule has 0 aliphatic carbocycles. The first-order valence-electron chi connectivity index (χ1n) is 6.38. The second-order valence-corrected chi connectivity index (χ2v) is 7.71. The molecule has 0 radical (unpaired) electrons. The van der Waals surface area contributed by atoms with Gasteiger partial charge in [0.15, 0.2) is 0 Å². The van der Waals surface area contributed by atoms with E-state index < -0.39 is 0 Å². The van der Waals surface area contributed by atoms with E-state index in [4.69, 9.17) is 4.74 Å². The zero-order valence-electron chi connectivity index (χ0n) is 10.9. The molecule has 1 aromatic carbocycles. The number of halogens is 1. The van der Waals surface area contributed by atoms with Crippen LogP contribution in [0.4, 0.5) is 0 Å². The van der Waals surface area contributed by atoms with E-state index in [1.54, 1.807) is 11.3 Å². The fraction of sp³-hybridized carbons (Fsp3) is 0.333. The topological polar surface area (TPSA) is 21.3 Å². The van der Waals surface area contributed by atoms with Gasteiger partial charge in [-0.2, -0.15) is 0 Å². The minimum atomic E-state index is 0.265. The molecular formula is C15H16INOS. The van der Waals surface area contributed by atoms with Crippen LogP contribution >= 0.6 is 33.9 Å². The SMILES string of the molecule is CNC(c1csc(I)c1)c1ccc2c(c1)CC(C)O2.